The van der Waals surface area contributed by atoms with Crippen LogP contribution in [-0.4, -0.2) is 51.9 Å². The number of thiophene rings is 1. The highest BCUT2D eigenvalue weighted by molar-refractivity contribution is 7.99. The fourth-order valence-corrected chi connectivity index (χ4v) is 8.55. The number of ether oxygens (including phenoxy) is 1. The van der Waals surface area contributed by atoms with Crippen LogP contribution in [0.15, 0.2) is 9.95 Å². The molecule has 192 valence electrons. The van der Waals surface area contributed by atoms with E-state index in [-0.39, 0.29) is 11.5 Å². The topological polar surface area (TPSA) is 64.4 Å². The Bertz CT molecular complexity index is 1070. The number of methoxy groups -OCH3 is 1. The summed E-state index contributed by atoms with van der Waals surface area (Å²) >= 11 is 3.15. The van der Waals surface area contributed by atoms with Crippen molar-refractivity contribution in [1.82, 2.24) is 14.5 Å². The number of aromatic nitrogens is 2. The summed E-state index contributed by atoms with van der Waals surface area (Å²) in [6.45, 7) is 1.18. The number of thioether (sulfide) groups is 1. The lowest BCUT2D eigenvalue weighted by atomic mass is 9.88. The zero-order valence-corrected chi connectivity index (χ0v) is 22.7. The van der Waals surface area contributed by atoms with Gasteiger partial charge in [-0.25, -0.2) is 4.98 Å². The maximum absolute atomic E-state index is 13.7. The van der Waals surface area contributed by atoms with E-state index in [1.54, 1.807) is 18.4 Å². The molecule has 0 aliphatic heterocycles. The summed E-state index contributed by atoms with van der Waals surface area (Å²) in [4.78, 5) is 36.8. The molecule has 0 atom stereocenters. The number of hydrogen-bond acceptors (Lipinski definition) is 6. The van der Waals surface area contributed by atoms with Crippen molar-refractivity contribution in [1.29, 1.82) is 0 Å². The van der Waals surface area contributed by atoms with Crippen LogP contribution in [0.3, 0.4) is 0 Å². The third-order valence-electron chi connectivity index (χ3n) is 8.07. The van der Waals surface area contributed by atoms with Gasteiger partial charge in [-0.3, -0.25) is 14.2 Å². The van der Waals surface area contributed by atoms with Crippen LogP contribution >= 0.6 is 23.1 Å². The first-order valence-corrected chi connectivity index (χ1v) is 15.5. The zero-order chi connectivity index (χ0) is 24.2. The summed E-state index contributed by atoms with van der Waals surface area (Å²) in [6, 6.07) is 0.777. The second-order valence-corrected chi connectivity index (χ2v) is 12.4. The van der Waals surface area contributed by atoms with Crippen LogP contribution in [0, 0.1) is 0 Å². The number of rotatable bonds is 9. The molecular weight excluding hydrogens is 478 g/mol. The van der Waals surface area contributed by atoms with Gasteiger partial charge in [0, 0.05) is 37.2 Å². The lowest BCUT2D eigenvalue weighted by Gasteiger charge is -2.41. The maximum Gasteiger partial charge on any atom is 0.263 e. The molecule has 0 saturated heterocycles. The second kappa shape index (κ2) is 11.8. The molecule has 2 aromatic heterocycles. The lowest BCUT2D eigenvalue weighted by Crippen LogP contribution is -2.49. The Kier molecular flexibility index (Phi) is 8.51. The molecule has 2 fully saturated rings. The van der Waals surface area contributed by atoms with Crippen LogP contribution in [0.4, 0.5) is 0 Å². The summed E-state index contributed by atoms with van der Waals surface area (Å²) in [5, 5.41) is 1.51. The van der Waals surface area contributed by atoms with Crippen molar-refractivity contribution in [2.75, 3.05) is 19.5 Å². The fraction of sp³-hybridized carbons (Fsp3) is 0.741. The van der Waals surface area contributed by atoms with E-state index in [1.165, 1.54) is 60.7 Å². The molecular formula is C27H39N3O3S2. The van der Waals surface area contributed by atoms with Crippen LogP contribution in [0.5, 0.6) is 0 Å². The molecule has 0 radical (unpaired) electrons. The molecule has 0 aromatic carbocycles. The van der Waals surface area contributed by atoms with Crippen LogP contribution in [0.1, 0.15) is 87.5 Å². The average Bonchev–Trinajstić information content (AvgIpc) is 3.47. The monoisotopic (exact) mass is 517 g/mol. The lowest BCUT2D eigenvalue weighted by molar-refractivity contribution is -0.135. The summed E-state index contributed by atoms with van der Waals surface area (Å²) < 4.78 is 7.07. The number of fused-ring (bicyclic) bond motifs is 3. The summed E-state index contributed by atoms with van der Waals surface area (Å²) in [7, 11) is 1.69. The molecule has 0 spiro atoms. The van der Waals surface area contributed by atoms with Gasteiger partial charge in [-0.05, 0) is 56.9 Å². The number of carbonyl (C=O) groups excluding carboxylic acids is 1. The molecule has 1 amide bonds. The third-order valence-corrected chi connectivity index (χ3v) is 10.2. The van der Waals surface area contributed by atoms with Crippen molar-refractivity contribution in [2.24, 2.45) is 0 Å². The van der Waals surface area contributed by atoms with Crippen LogP contribution < -0.4 is 5.56 Å². The van der Waals surface area contributed by atoms with E-state index >= 15 is 0 Å². The first-order chi connectivity index (χ1) is 17.2. The highest BCUT2D eigenvalue weighted by Gasteiger charge is 2.32. The van der Waals surface area contributed by atoms with E-state index in [4.69, 9.17) is 9.72 Å². The Morgan fingerprint density at radius 1 is 1.06 bits per heavy atom. The van der Waals surface area contributed by atoms with E-state index in [9.17, 15) is 9.59 Å². The van der Waals surface area contributed by atoms with Crippen molar-refractivity contribution in [3.05, 3.63) is 20.8 Å². The molecule has 2 aromatic rings. The fourth-order valence-electron chi connectivity index (χ4n) is 6.36. The first kappa shape index (κ1) is 25.3. The summed E-state index contributed by atoms with van der Waals surface area (Å²) in [5.41, 5.74) is 1.29. The van der Waals surface area contributed by atoms with Crippen molar-refractivity contribution < 1.29 is 9.53 Å². The molecule has 2 saturated carbocycles. The number of aryl methyl sites for hydroxylation is 2. The van der Waals surface area contributed by atoms with E-state index in [2.05, 4.69) is 4.90 Å². The molecule has 3 aliphatic carbocycles. The Morgan fingerprint density at radius 2 is 1.74 bits per heavy atom. The molecule has 6 nitrogen and oxygen atoms in total. The maximum atomic E-state index is 13.7. The smallest absolute Gasteiger partial charge is 0.263 e. The van der Waals surface area contributed by atoms with Gasteiger partial charge in [0.05, 0.1) is 11.1 Å². The Balaban J connectivity index is 1.39. The largest absolute Gasteiger partial charge is 0.385 e. The molecule has 3 aliphatic rings. The van der Waals surface area contributed by atoms with Gasteiger partial charge in [0.25, 0.3) is 5.56 Å². The van der Waals surface area contributed by atoms with Gasteiger partial charge in [0.2, 0.25) is 5.91 Å². The number of nitrogens with zero attached hydrogens (tertiary/aromatic N) is 3. The number of carbonyl (C=O) groups is 1. The molecule has 0 N–H and O–H groups in total. The molecule has 0 bridgehead atoms. The highest BCUT2D eigenvalue weighted by Crippen LogP contribution is 2.36. The van der Waals surface area contributed by atoms with E-state index in [0.29, 0.717) is 36.1 Å². The molecule has 5 rings (SSSR count). The highest BCUT2D eigenvalue weighted by atomic mass is 32.2. The van der Waals surface area contributed by atoms with Gasteiger partial charge in [-0.2, -0.15) is 0 Å². The van der Waals surface area contributed by atoms with Crippen LogP contribution in [-0.2, 0) is 28.9 Å². The third kappa shape index (κ3) is 5.49. The average molecular weight is 518 g/mol. The van der Waals surface area contributed by atoms with Crippen LogP contribution in [0.2, 0.25) is 0 Å². The second-order valence-electron chi connectivity index (χ2n) is 10.4. The van der Waals surface area contributed by atoms with E-state index in [1.807, 2.05) is 4.57 Å². The minimum absolute atomic E-state index is 0.0665. The normalized spacial score (nSPS) is 19.3. The SMILES string of the molecule is COCCCn1c(SCC(=O)N(C2CCCCC2)C2CCCCC2)nc2sc3c(c2c1=O)CCC3. The standard InChI is InChI=1S/C27H39N3O3S2/c1-33-17-9-16-29-26(32)24-21-14-8-15-22(21)35-25(24)28-27(29)34-18-23(31)30(19-10-4-2-5-11-19)20-12-6-3-7-13-20/h19-20H,2-18H2,1H3. The predicted molar refractivity (Wildman–Crippen MR) is 144 cm³/mol. The van der Waals surface area contributed by atoms with Gasteiger partial charge >= 0.3 is 0 Å². The Morgan fingerprint density at radius 3 is 2.40 bits per heavy atom. The minimum atomic E-state index is 0.0665. The summed E-state index contributed by atoms with van der Waals surface area (Å²) in [6.07, 6.45) is 16.0. The van der Waals surface area contributed by atoms with E-state index in [0.717, 1.165) is 61.6 Å². The first-order valence-electron chi connectivity index (χ1n) is 13.7. The van der Waals surface area contributed by atoms with Gasteiger partial charge in [-0.1, -0.05) is 50.3 Å². The molecule has 2 heterocycles. The van der Waals surface area contributed by atoms with E-state index < -0.39 is 0 Å². The van der Waals surface area contributed by atoms with Crippen molar-refractivity contribution >= 4 is 39.2 Å². The summed E-state index contributed by atoms with van der Waals surface area (Å²) in [5.74, 6) is 0.598. The molecule has 0 unspecified atom stereocenters. The zero-order valence-electron chi connectivity index (χ0n) is 21.1. The number of amides is 1. The van der Waals surface area contributed by atoms with Crippen LogP contribution in [0.25, 0.3) is 10.2 Å². The van der Waals surface area contributed by atoms with Crippen molar-refractivity contribution in [3.8, 4) is 0 Å². The van der Waals surface area contributed by atoms with Crippen molar-refractivity contribution in [3.63, 3.8) is 0 Å². The Hall–Kier alpha value is -1.38. The molecule has 35 heavy (non-hydrogen) atoms. The predicted octanol–water partition coefficient (Wildman–Crippen LogP) is 5.57. The van der Waals surface area contributed by atoms with Gasteiger partial charge < -0.3 is 9.64 Å². The van der Waals surface area contributed by atoms with Gasteiger partial charge in [0.1, 0.15) is 4.83 Å². The van der Waals surface area contributed by atoms with Gasteiger partial charge in [0.15, 0.2) is 5.16 Å². The molecule has 8 heteroatoms. The quantitative estimate of drug-likeness (QED) is 0.247. The number of hydrogen-bond donors (Lipinski definition) is 0. The van der Waals surface area contributed by atoms with Gasteiger partial charge in [-0.15, -0.1) is 11.3 Å². The van der Waals surface area contributed by atoms with Crippen molar-refractivity contribution in [2.45, 2.75) is 114 Å². The Labute approximate surface area is 216 Å². The minimum Gasteiger partial charge on any atom is -0.385 e.